The number of benzene rings is 1. The van der Waals surface area contributed by atoms with Crippen molar-refractivity contribution < 1.29 is 22.1 Å². The molecule has 1 aromatic rings. The molecule has 0 N–H and O–H groups in total. The lowest BCUT2D eigenvalue weighted by molar-refractivity contribution is -0.165. The fourth-order valence-corrected chi connectivity index (χ4v) is 2.74. The van der Waals surface area contributed by atoms with E-state index in [4.69, 9.17) is 13.7 Å². The molecule has 1 unspecified atom stereocenters. The van der Waals surface area contributed by atoms with Crippen LogP contribution in [-0.4, -0.2) is 34.5 Å². The van der Waals surface area contributed by atoms with Gasteiger partial charge in [-0.05, 0) is 31.4 Å². The molecule has 1 aliphatic rings. The minimum absolute atomic E-state index is 0.00289. The summed E-state index contributed by atoms with van der Waals surface area (Å²) in [5.74, 6) is 0. The summed E-state index contributed by atoms with van der Waals surface area (Å²) >= 11 is 0. The zero-order valence-corrected chi connectivity index (χ0v) is 11.5. The van der Waals surface area contributed by atoms with Crippen molar-refractivity contribution in [1.29, 1.82) is 0 Å². The first-order chi connectivity index (χ1) is 9.18. The Morgan fingerprint density at radius 1 is 1.16 bits per heavy atom. The fraction of sp³-hybridized carbons (Fsp3) is 0.538. The fourth-order valence-electron chi connectivity index (χ4n) is 1.82. The maximum Gasteiger partial charge on any atom is 0.297 e. The first-order valence-corrected chi connectivity index (χ1v) is 7.77. The van der Waals surface area contributed by atoms with E-state index < -0.39 is 10.1 Å². The predicted molar refractivity (Wildman–Crippen MR) is 69.1 cm³/mol. The number of hydrogen-bond acceptors (Lipinski definition) is 5. The van der Waals surface area contributed by atoms with Gasteiger partial charge in [-0.2, -0.15) is 8.42 Å². The second-order valence-electron chi connectivity index (χ2n) is 4.26. The van der Waals surface area contributed by atoms with Gasteiger partial charge < -0.3 is 9.47 Å². The average molecular weight is 286 g/mol. The normalized spacial score (nSPS) is 20.3. The van der Waals surface area contributed by atoms with Crippen LogP contribution in [0.15, 0.2) is 35.2 Å². The maximum atomic E-state index is 11.8. The highest BCUT2D eigenvalue weighted by molar-refractivity contribution is 7.86. The highest BCUT2D eigenvalue weighted by Crippen LogP contribution is 2.14. The van der Waals surface area contributed by atoms with Gasteiger partial charge in [0.05, 0.1) is 18.1 Å². The van der Waals surface area contributed by atoms with Crippen molar-refractivity contribution >= 4 is 10.1 Å². The highest BCUT2D eigenvalue weighted by Gasteiger charge is 2.16. The molecule has 0 saturated carbocycles. The van der Waals surface area contributed by atoms with Crippen molar-refractivity contribution in [3.63, 3.8) is 0 Å². The molecule has 0 aliphatic carbocycles. The quantitative estimate of drug-likeness (QED) is 0.590. The zero-order chi connectivity index (χ0) is 13.6. The lowest BCUT2D eigenvalue weighted by atomic mass is 10.2. The average Bonchev–Trinajstić information content (AvgIpc) is 2.46. The molecule has 1 aliphatic heterocycles. The molecule has 0 amide bonds. The van der Waals surface area contributed by atoms with Gasteiger partial charge in [-0.25, -0.2) is 0 Å². The van der Waals surface area contributed by atoms with Gasteiger partial charge in [0, 0.05) is 6.61 Å². The van der Waals surface area contributed by atoms with E-state index in [1.165, 1.54) is 12.1 Å². The van der Waals surface area contributed by atoms with Crippen LogP contribution in [0.25, 0.3) is 0 Å². The molecule has 19 heavy (non-hydrogen) atoms. The molecule has 106 valence electrons. The van der Waals surface area contributed by atoms with Crippen LogP contribution in [0.2, 0.25) is 0 Å². The second-order valence-corrected chi connectivity index (χ2v) is 5.87. The Labute approximate surface area is 113 Å². The first kappa shape index (κ1) is 14.5. The van der Waals surface area contributed by atoms with Gasteiger partial charge in [0.15, 0.2) is 6.29 Å². The van der Waals surface area contributed by atoms with Crippen molar-refractivity contribution in [2.75, 3.05) is 19.8 Å². The zero-order valence-electron chi connectivity index (χ0n) is 10.7. The van der Waals surface area contributed by atoms with Crippen molar-refractivity contribution in [2.24, 2.45) is 0 Å². The SMILES string of the molecule is O=S(=O)(OCCOC1CCCCO1)c1ccccc1. The largest absolute Gasteiger partial charge is 0.353 e. The molecule has 1 aromatic carbocycles. The lowest BCUT2D eigenvalue weighted by Crippen LogP contribution is -2.24. The number of rotatable bonds is 6. The topological polar surface area (TPSA) is 61.8 Å². The number of ether oxygens (including phenoxy) is 2. The van der Waals surface area contributed by atoms with Crippen molar-refractivity contribution in [1.82, 2.24) is 0 Å². The van der Waals surface area contributed by atoms with E-state index in [9.17, 15) is 8.42 Å². The lowest BCUT2D eigenvalue weighted by Gasteiger charge is -2.22. The Morgan fingerprint density at radius 3 is 2.63 bits per heavy atom. The van der Waals surface area contributed by atoms with Crippen LogP contribution >= 0.6 is 0 Å². The third-order valence-corrected chi connectivity index (χ3v) is 4.12. The Balaban J connectivity index is 1.73. The van der Waals surface area contributed by atoms with Crippen LogP contribution < -0.4 is 0 Å². The van der Waals surface area contributed by atoms with E-state index >= 15 is 0 Å². The van der Waals surface area contributed by atoms with Gasteiger partial charge in [-0.1, -0.05) is 18.2 Å². The molecule has 5 nitrogen and oxygen atoms in total. The maximum absolute atomic E-state index is 11.8. The van der Waals surface area contributed by atoms with Gasteiger partial charge in [0.1, 0.15) is 0 Å². The van der Waals surface area contributed by atoms with Crippen LogP contribution in [0, 0.1) is 0 Å². The van der Waals surface area contributed by atoms with E-state index in [1.807, 2.05) is 0 Å². The van der Waals surface area contributed by atoms with Crippen molar-refractivity contribution in [2.45, 2.75) is 30.4 Å². The Hall–Kier alpha value is -0.950. The van der Waals surface area contributed by atoms with Crippen LogP contribution in [0.3, 0.4) is 0 Å². The molecular weight excluding hydrogens is 268 g/mol. The minimum atomic E-state index is -3.68. The molecule has 2 rings (SSSR count). The van der Waals surface area contributed by atoms with E-state index in [-0.39, 0.29) is 24.4 Å². The third-order valence-electron chi connectivity index (χ3n) is 2.80. The van der Waals surface area contributed by atoms with E-state index in [0.29, 0.717) is 6.61 Å². The Kier molecular flexibility index (Phi) is 5.33. The summed E-state index contributed by atoms with van der Waals surface area (Å²) in [4.78, 5) is 0.156. The monoisotopic (exact) mass is 286 g/mol. The molecule has 0 radical (unpaired) electrons. The van der Waals surface area contributed by atoms with Crippen LogP contribution in [0.5, 0.6) is 0 Å². The highest BCUT2D eigenvalue weighted by atomic mass is 32.2. The van der Waals surface area contributed by atoms with E-state index in [0.717, 1.165) is 19.3 Å². The molecule has 0 aromatic heterocycles. The molecule has 0 spiro atoms. The summed E-state index contributed by atoms with van der Waals surface area (Å²) in [5.41, 5.74) is 0. The van der Waals surface area contributed by atoms with Crippen LogP contribution in [0.4, 0.5) is 0 Å². The predicted octanol–water partition coefficient (Wildman–Crippen LogP) is 1.94. The first-order valence-electron chi connectivity index (χ1n) is 6.36. The molecule has 1 fully saturated rings. The van der Waals surface area contributed by atoms with Crippen molar-refractivity contribution in [3.8, 4) is 0 Å². The summed E-state index contributed by atoms with van der Waals surface area (Å²) in [6.07, 6.45) is 2.76. The standard InChI is InChI=1S/C13H18O5S/c14-19(15,12-6-2-1-3-7-12)18-11-10-17-13-8-4-5-9-16-13/h1-3,6-7,13H,4-5,8-11H2. The minimum Gasteiger partial charge on any atom is -0.353 e. The number of hydrogen-bond donors (Lipinski definition) is 0. The van der Waals surface area contributed by atoms with Gasteiger partial charge in [0.25, 0.3) is 10.1 Å². The molecule has 0 bridgehead atoms. The second kappa shape index (κ2) is 7.00. The molecule has 1 heterocycles. The summed E-state index contributed by atoms with van der Waals surface area (Å²) in [6.45, 7) is 0.904. The third kappa shape index (κ3) is 4.58. The summed E-state index contributed by atoms with van der Waals surface area (Å²) in [7, 11) is -3.68. The summed E-state index contributed by atoms with van der Waals surface area (Å²) < 4.78 is 39.2. The Morgan fingerprint density at radius 2 is 1.95 bits per heavy atom. The van der Waals surface area contributed by atoms with Gasteiger partial charge in [-0.3, -0.25) is 4.18 Å². The van der Waals surface area contributed by atoms with E-state index in [2.05, 4.69) is 0 Å². The van der Waals surface area contributed by atoms with Gasteiger partial charge in [-0.15, -0.1) is 0 Å². The van der Waals surface area contributed by atoms with Crippen LogP contribution in [0.1, 0.15) is 19.3 Å². The van der Waals surface area contributed by atoms with Crippen LogP contribution in [-0.2, 0) is 23.8 Å². The van der Waals surface area contributed by atoms with E-state index in [1.54, 1.807) is 18.2 Å². The molecule has 1 atom stereocenters. The summed E-state index contributed by atoms with van der Waals surface area (Å²) in [6, 6.07) is 8.06. The molecular formula is C13H18O5S. The smallest absolute Gasteiger partial charge is 0.297 e. The Bertz CT molecular complexity index is 465. The summed E-state index contributed by atoms with van der Waals surface area (Å²) in [5, 5.41) is 0. The van der Waals surface area contributed by atoms with Gasteiger partial charge in [0.2, 0.25) is 0 Å². The molecule has 1 saturated heterocycles. The van der Waals surface area contributed by atoms with Gasteiger partial charge >= 0.3 is 0 Å². The molecule has 6 heteroatoms. The van der Waals surface area contributed by atoms with Crippen molar-refractivity contribution in [3.05, 3.63) is 30.3 Å².